The van der Waals surface area contributed by atoms with Crippen LogP contribution in [0.25, 0.3) is 0 Å². The van der Waals surface area contributed by atoms with Crippen molar-refractivity contribution in [3.63, 3.8) is 0 Å². The summed E-state index contributed by atoms with van der Waals surface area (Å²) in [5, 5.41) is 3.28. The predicted octanol–water partition coefficient (Wildman–Crippen LogP) is 0.671. The molecule has 1 fully saturated rings. The zero-order valence-electron chi connectivity index (χ0n) is 15.1. The van der Waals surface area contributed by atoms with Crippen LogP contribution in [0.4, 0.5) is 0 Å². The molecule has 2 heterocycles. The van der Waals surface area contributed by atoms with Crippen LogP contribution < -0.4 is 10.0 Å². The topological polar surface area (TPSA) is 96.3 Å². The molecular weight excluding hydrogens is 366 g/mol. The number of rotatable bonds is 6. The fourth-order valence-electron chi connectivity index (χ4n) is 3.09. The van der Waals surface area contributed by atoms with Gasteiger partial charge in [0.15, 0.2) is 0 Å². The number of amides is 1. The molecule has 0 aliphatic carbocycles. The Labute approximate surface area is 158 Å². The Kier molecular flexibility index (Phi) is 5.73. The molecule has 2 N–H and O–H groups in total. The van der Waals surface area contributed by atoms with Crippen LogP contribution >= 0.6 is 0 Å². The molecule has 8 nitrogen and oxygen atoms in total. The molecule has 0 spiro atoms. The van der Waals surface area contributed by atoms with Gasteiger partial charge < -0.3 is 14.8 Å². The predicted molar refractivity (Wildman–Crippen MR) is 102 cm³/mol. The maximum atomic E-state index is 13.1. The van der Waals surface area contributed by atoms with Crippen molar-refractivity contribution in [1.29, 1.82) is 0 Å². The number of carbonyl (C=O) groups is 1. The molecule has 1 aromatic heterocycles. The molecule has 1 aliphatic rings. The number of benzene rings is 1. The monoisotopic (exact) mass is 389 g/mol. The molecule has 1 atom stereocenters. The lowest BCUT2D eigenvalue weighted by atomic mass is 10.1. The highest BCUT2D eigenvalue weighted by Crippen LogP contribution is 2.23. The molecule has 1 unspecified atom stereocenters. The zero-order valence-corrected chi connectivity index (χ0v) is 15.9. The van der Waals surface area contributed by atoms with Crippen molar-refractivity contribution in [3.8, 4) is 0 Å². The largest absolute Gasteiger partial charge is 0.336 e. The Bertz CT molecular complexity index is 938. The van der Waals surface area contributed by atoms with Crippen molar-refractivity contribution in [2.24, 2.45) is 7.05 Å². The third-order valence-corrected chi connectivity index (χ3v) is 5.89. The molecule has 2 aromatic rings. The Morgan fingerprint density at radius 1 is 1.48 bits per heavy atom. The number of hydrogen-bond acceptors (Lipinski definition) is 5. The van der Waals surface area contributed by atoms with Crippen molar-refractivity contribution in [3.05, 3.63) is 60.7 Å². The van der Waals surface area contributed by atoms with E-state index in [9.17, 15) is 13.2 Å². The Hall–Kier alpha value is -2.49. The molecule has 1 amide bonds. The van der Waals surface area contributed by atoms with E-state index in [1.165, 1.54) is 18.2 Å². The molecule has 1 saturated heterocycles. The first kappa shape index (κ1) is 19.3. The highest BCUT2D eigenvalue weighted by molar-refractivity contribution is 7.89. The molecule has 0 saturated carbocycles. The molecule has 27 heavy (non-hydrogen) atoms. The van der Waals surface area contributed by atoms with Gasteiger partial charge in [0.1, 0.15) is 11.9 Å². The maximum absolute atomic E-state index is 13.1. The van der Waals surface area contributed by atoms with Gasteiger partial charge in [-0.3, -0.25) is 4.79 Å². The fourth-order valence-corrected chi connectivity index (χ4v) is 4.13. The number of nitrogens with one attached hydrogen (secondary N) is 2. The standard InChI is InChI=1S/C18H23N5O3S/c1-3-7-21-27(25,26)15-6-4-5-14(12-15)18(24)23-11-8-19-13-16(23)17-20-9-10-22(17)2/h3-6,9-10,12,16,19,21H,1,7-8,11,13H2,2H3. The minimum absolute atomic E-state index is 0.0545. The van der Waals surface area contributed by atoms with Crippen molar-refractivity contribution >= 4 is 15.9 Å². The first-order valence-electron chi connectivity index (χ1n) is 8.63. The summed E-state index contributed by atoms with van der Waals surface area (Å²) in [6.45, 7) is 5.41. The van der Waals surface area contributed by atoms with Crippen molar-refractivity contribution in [2.45, 2.75) is 10.9 Å². The lowest BCUT2D eigenvalue weighted by molar-refractivity contribution is 0.0620. The molecule has 9 heteroatoms. The Morgan fingerprint density at radius 3 is 3.00 bits per heavy atom. The normalized spacial score (nSPS) is 17.7. The number of aromatic nitrogens is 2. The van der Waals surface area contributed by atoms with Crippen LogP contribution in [0.1, 0.15) is 22.2 Å². The Morgan fingerprint density at radius 2 is 2.30 bits per heavy atom. The van der Waals surface area contributed by atoms with Crippen molar-refractivity contribution < 1.29 is 13.2 Å². The number of nitrogens with zero attached hydrogens (tertiary/aromatic N) is 3. The van der Waals surface area contributed by atoms with E-state index < -0.39 is 10.0 Å². The number of imidazole rings is 1. The fraction of sp³-hybridized carbons (Fsp3) is 0.333. The first-order valence-corrected chi connectivity index (χ1v) is 10.1. The summed E-state index contributed by atoms with van der Waals surface area (Å²) in [5.41, 5.74) is 0.331. The van der Waals surface area contributed by atoms with E-state index in [4.69, 9.17) is 0 Å². The van der Waals surface area contributed by atoms with Crippen LogP contribution in [-0.4, -0.2) is 55.0 Å². The van der Waals surface area contributed by atoms with Crippen LogP contribution in [0.5, 0.6) is 0 Å². The van der Waals surface area contributed by atoms with Crippen LogP contribution in [0.15, 0.2) is 54.2 Å². The second-order valence-electron chi connectivity index (χ2n) is 6.28. The first-order chi connectivity index (χ1) is 12.9. The minimum Gasteiger partial charge on any atom is -0.336 e. The average molecular weight is 389 g/mol. The molecule has 0 bridgehead atoms. The summed E-state index contributed by atoms with van der Waals surface area (Å²) in [6.07, 6.45) is 5.00. The highest BCUT2D eigenvalue weighted by atomic mass is 32.2. The van der Waals surface area contributed by atoms with Gasteiger partial charge in [-0.05, 0) is 18.2 Å². The number of carbonyl (C=O) groups excluding carboxylic acids is 1. The lowest BCUT2D eigenvalue weighted by Crippen LogP contribution is -2.49. The van der Waals surface area contributed by atoms with Crippen LogP contribution in [0.2, 0.25) is 0 Å². The summed E-state index contributed by atoms with van der Waals surface area (Å²) < 4.78 is 29.0. The number of hydrogen-bond donors (Lipinski definition) is 2. The summed E-state index contributed by atoms with van der Waals surface area (Å²) in [4.78, 5) is 19.3. The molecule has 3 rings (SSSR count). The lowest BCUT2D eigenvalue weighted by Gasteiger charge is -2.35. The van der Waals surface area contributed by atoms with Crippen LogP contribution in [-0.2, 0) is 17.1 Å². The molecule has 1 aromatic carbocycles. The van der Waals surface area contributed by atoms with Crippen molar-refractivity contribution in [2.75, 3.05) is 26.2 Å². The maximum Gasteiger partial charge on any atom is 0.254 e. The summed E-state index contributed by atoms with van der Waals surface area (Å²) in [7, 11) is -1.81. The molecule has 0 radical (unpaired) electrons. The van der Waals surface area contributed by atoms with E-state index in [-0.39, 0.29) is 23.4 Å². The van der Waals surface area contributed by atoms with Gasteiger partial charge in [0.2, 0.25) is 10.0 Å². The van der Waals surface area contributed by atoms with Crippen LogP contribution in [0.3, 0.4) is 0 Å². The second kappa shape index (κ2) is 8.03. The van der Waals surface area contributed by atoms with E-state index in [2.05, 4.69) is 21.6 Å². The van der Waals surface area contributed by atoms with Gasteiger partial charge in [0, 0.05) is 51.2 Å². The summed E-state index contributed by atoms with van der Waals surface area (Å²) >= 11 is 0. The van der Waals surface area contributed by atoms with E-state index in [0.717, 1.165) is 5.82 Å². The van der Waals surface area contributed by atoms with E-state index in [1.807, 2.05) is 17.8 Å². The molecular formula is C18H23N5O3S. The third kappa shape index (κ3) is 4.10. The highest BCUT2D eigenvalue weighted by Gasteiger charge is 2.31. The summed E-state index contributed by atoms with van der Waals surface area (Å²) in [6, 6.07) is 5.87. The van der Waals surface area contributed by atoms with Gasteiger partial charge in [0.05, 0.1) is 4.90 Å². The van der Waals surface area contributed by atoms with Gasteiger partial charge in [-0.1, -0.05) is 12.1 Å². The Balaban J connectivity index is 1.89. The van der Waals surface area contributed by atoms with E-state index in [0.29, 0.717) is 25.2 Å². The van der Waals surface area contributed by atoms with Gasteiger partial charge in [-0.15, -0.1) is 6.58 Å². The molecule has 144 valence electrons. The van der Waals surface area contributed by atoms with E-state index in [1.54, 1.807) is 23.2 Å². The third-order valence-electron chi connectivity index (χ3n) is 4.47. The number of sulfonamides is 1. The zero-order chi connectivity index (χ0) is 19.4. The van der Waals surface area contributed by atoms with Gasteiger partial charge in [0.25, 0.3) is 5.91 Å². The van der Waals surface area contributed by atoms with Crippen LogP contribution in [0, 0.1) is 0 Å². The number of piperazine rings is 1. The molecule has 1 aliphatic heterocycles. The second-order valence-corrected chi connectivity index (χ2v) is 8.05. The van der Waals surface area contributed by atoms with Gasteiger partial charge >= 0.3 is 0 Å². The van der Waals surface area contributed by atoms with Gasteiger partial charge in [-0.2, -0.15) is 0 Å². The number of aryl methyl sites for hydroxylation is 1. The minimum atomic E-state index is -3.69. The smallest absolute Gasteiger partial charge is 0.254 e. The average Bonchev–Trinajstić information content (AvgIpc) is 3.11. The van der Waals surface area contributed by atoms with Gasteiger partial charge in [-0.25, -0.2) is 18.1 Å². The van der Waals surface area contributed by atoms with Crippen molar-refractivity contribution in [1.82, 2.24) is 24.5 Å². The summed E-state index contributed by atoms with van der Waals surface area (Å²) in [5.74, 6) is 0.567. The SMILES string of the molecule is C=CCNS(=O)(=O)c1cccc(C(=O)N2CCNCC2c2nccn2C)c1. The van der Waals surface area contributed by atoms with E-state index >= 15 is 0 Å². The quantitative estimate of drug-likeness (QED) is 0.708.